The standard InChI is InChI=1S/C17H19ClN6OS/c18-12-2-1-3-13(4-12)26-7-11-5-23(6-14(11)25)10-24-9-22-15-16(19)20-8-21-17(15)24/h1-4,8-9,11,14,25H,5-7,10H2,(H2,19,20,21)/t11-,14+/m1/s1. The highest BCUT2D eigenvalue weighted by Crippen LogP contribution is 2.28. The molecule has 1 aliphatic heterocycles. The molecule has 3 N–H and O–H groups in total. The number of thioether (sulfide) groups is 1. The molecular weight excluding hydrogens is 372 g/mol. The molecule has 1 fully saturated rings. The van der Waals surface area contributed by atoms with Crippen molar-refractivity contribution >= 4 is 40.3 Å². The lowest BCUT2D eigenvalue weighted by atomic mass is 10.1. The van der Waals surface area contributed by atoms with E-state index in [4.69, 9.17) is 17.3 Å². The van der Waals surface area contributed by atoms with Crippen LogP contribution in [0.5, 0.6) is 0 Å². The van der Waals surface area contributed by atoms with Gasteiger partial charge in [-0.3, -0.25) is 4.90 Å². The van der Waals surface area contributed by atoms with Crippen molar-refractivity contribution in [2.45, 2.75) is 17.7 Å². The lowest BCUT2D eigenvalue weighted by molar-refractivity contribution is 0.145. The monoisotopic (exact) mass is 390 g/mol. The van der Waals surface area contributed by atoms with Crippen molar-refractivity contribution in [1.29, 1.82) is 0 Å². The van der Waals surface area contributed by atoms with Crippen molar-refractivity contribution in [3.05, 3.63) is 41.9 Å². The van der Waals surface area contributed by atoms with E-state index in [9.17, 15) is 5.11 Å². The summed E-state index contributed by atoms with van der Waals surface area (Å²) in [6, 6.07) is 7.80. The summed E-state index contributed by atoms with van der Waals surface area (Å²) >= 11 is 7.75. The Labute approximate surface area is 160 Å². The molecule has 1 aliphatic rings. The topological polar surface area (TPSA) is 93.1 Å². The average molecular weight is 391 g/mol. The molecule has 0 spiro atoms. The van der Waals surface area contributed by atoms with Gasteiger partial charge in [0.1, 0.15) is 11.8 Å². The van der Waals surface area contributed by atoms with Gasteiger partial charge in [-0.2, -0.15) is 0 Å². The van der Waals surface area contributed by atoms with E-state index in [1.165, 1.54) is 6.33 Å². The predicted molar refractivity (Wildman–Crippen MR) is 103 cm³/mol. The summed E-state index contributed by atoms with van der Waals surface area (Å²) in [5.41, 5.74) is 7.16. The predicted octanol–water partition coefficient (Wildman–Crippen LogP) is 2.10. The van der Waals surface area contributed by atoms with Gasteiger partial charge in [0.05, 0.1) is 19.1 Å². The van der Waals surface area contributed by atoms with Crippen molar-refractivity contribution in [2.75, 3.05) is 24.6 Å². The third-order valence-corrected chi connectivity index (χ3v) is 5.94. The van der Waals surface area contributed by atoms with Gasteiger partial charge >= 0.3 is 0 Å². The van der Waals surface area contributed by atoms with Crippen molar-refractivity contribution in [2.24, 2.45) is 5.92 Å². The molecule has 3 heterocycles. The fourth-order valence-corrected chi connectivity index (χ4v) is 4.57. The number of hydrogen-bond donors (Lipinski definition) is 2. The molecule has 7 nitrogen and oxygen atoms in total. The second-order valence-corrected chi connectivity index (χ2v) is 7.95. The Bertz CT molecular complexity index is 919. The number of nitrogens with zero attached hydrogens (tertiary/aromatic N) is 5. The maximum atomic E-state index is 10.4. The van der Waals surface area contributed by atoms with Crippen LogP contribution in [0.15, 0.2) is 41.8 Å². The number of β-amino-alcohol motifs (C(OH)–C–C–N with tert-alkyl or cyclic N) is 1. The number of imidazole rings is 1. The van der Waals surface area contributed by atoms with Crippen molar-refractivity contribution in [3.63, 3.8) is 0 Å². The number of nitrogens with two attached hydrogens (primary N) is 1. The van der Waals surface area contributed by atoms with E-state index in [1.807, 2.05) is 28.8 Å². The van der Waals surface area contributed by atoms with Crippen LogP contribution in [0.2, 0.25) is 5.02 Å². The van der Waals surface area contributed by atoms with Gasteiger partial charge in [-0.25, -0.2) is 15.0 Å². The second-order valence-electron chi connectivity index (χ2n) is 6.42. The summed E-state index contributed by atoms with van der Waals surface area (Å²) in [6.07, 6.45) is 2.81. The molecule has 3 aromatic rings. The summed E-state index contributed by atoms with van der Waals surface area (Å²) in [6.45, 7) is 2.05. The smallest absolute Gasteiger partial charge is 0.166 e. The highest BCUT2D eigenvalue weighted by Gasteiger charge is 2.31. The first kappa shape index (κ1) is 17.5. The van der Waals surface area contributed by atoms with Crippen LogP contribution in [0.4, 0.5) is 5.82 Å². The number of nitrogen functional groups attached to an aromatic ring is 1. The molecule has 0 amide bonds. The van der Waals surface area contributed by atoms with Crippen molar-refractivity contribution in [1.82, 2.24) is 24.4 Å². The van der Waals surface area contributed by atoms with Gasteiger partial charge in [-0.15, -0.1) is 11.8 Å². The summed E-state index contributed by atoms with van der Waals surface area (Å²) < 4.78 is 1.94. The van der Waals surface area contributed by atoms with Gasteiger partial charge in [-0.05, 0) is 18.2 Å². The molecule has 0 aliphatic carbocycles. The summed E-state index contributed by atoms with van der Waals surface area (Å²) in [4.78, 5) is 15.8. The Morgan fingerprint density at radius 3 is 3.00 bits per heavy atom. The first-order valence-electron chi connectivity index (χ1n) is 8.30. The number of aliphatic hydroxyl groups is 1. The summed E-state index contributed by atoms with van der Waals surface area (Å²) in [5.74, 6) is 1.43. The van der Waals surface area contributed by atoms with Crippen molar-refractivity contribution in [3.8, 4) is 0 Å². The number of aromatic nitrogens is 4. The van der Waals surface area contributed by atoms with Gasteiger partial charge in [0.25, 0.3) is 0 Å². The van der Waals surface area contributed by atoms with Gasteiger partial charge < -0.3 is 15.4 Å². The third kappa shape index (κ3) is 3.64. The zero-order chi connectivity index (χ0) is 18.1. The Balaban J connectivity index is 1.39. The van der Waals surface area contributed by atoms with Crippen LogP contribution in [0.3, 0.4) is 0 Å². The largest absolute Gasteiger partial charge is 0.391 e. The lowest BCUT2D eigenvalue weighted by Crippen LogP contribution is -2.24. The molecule has 1 saturated heterocycles. The average Bonchev–Trinajstić information content (AvgIpc) is 3.18. The molecule has 4 rings (SSSR count). The van der Waals surface area contributed by atoms with Crippen LogP contribution in [0.1, 0.15) is 0 Å². The van der Waals surface area contributed by atoms with E-state index >= 15 is 0 Å². The number of rotatable bonds is 5. The zero-order valence-electron chi connectivity index (χ0n) is 14.0. The molecule has 9 heteroatoms. The first-order valence-corrected chi connectivity index (χ1v) is 9.66. The Morgan fingerprint density at radius 1 is 1.27 bits per heavy atom. The quantitative estimate of drug-likeness (QED) is 0.644. The Morgan fingerprint density at radius 2 is 2.15 bits per heavy atom. The number of halogens is 1. The highest BCUT2D eigenvalue weighted by atomic mass is 35.5. The minimum Gasteiger partial charge on any atom is -0.391 e. The van der Waals surface area contributed by atoms with E-state index < -0.39 is 0 Å². The molecule has 0 unspecified atom stereocenters. The fraction of sp³-hybridized carbons (Fsp3) is 0.353. The normalized spacial score (nSPS) is 20.8. The van der Waals surface area contributed by atoms with Gasteiger partial charge in [0.15, 0.2) is 11.5 Å². The van der Waals surface area contributed by atoms with Crippen LogP contribution in [-0.2, 0) is 6.67 Å². The number of fused-ring (bicyclic) bond motifs is 1. The number of hydrogen-bond acceptors (Lipinski definition) is 7. The second kappa shape index (κ2) is 7.40. The number of likely N-dealkylation sites (tertiary alicyclic amines) is 1. The fourth-order valence-electron chi connectivity index (χ4n) is 3.20. The SMILES string of the molecule is Nc1ncnc2c1ncn2CN1C[C@H](CSc2cccc(Cl)c2)[C@@H](O)C1. The minimum absolute atomic E-state index is 0.202. The molecular formula is C17H19ClN6OS. The number of aliphatic hydroxyl groups excluding tert-OH is 1. The summed E-state index contributed by atoms with van der Waals surface area (Å²) in [5, 5.41) is 11.2. The van der Waals surface area contributed by atoms with E-state index in [1.54, 1.807) is 18.1 Å². The summed E-state index contributed by atoms with van der Waals surface area (Å²) in [7, 11) is 0. The maximum Gasteiger partial charge on any atom is 0.166 e. The first-order chi connectivity index (χ1) is 12.6. The van der Waals surface area contributed by atoms with Crippen LogP contribution in [-0.4, -0.2) is 54.5 Å². The van der Waals surface area contributed by atoms with Crippen LogP contribution >= 0.6 is 23.4 Å². The van der Waals surface area contributed by atoms with Gasteiger partial charge in [0, 0.05) is 34.7 Å². The van der Waals surface area contributed by atoms with Gasteiger partial charge in [0.2, 0.25) is 0 Å². The molecule has 0 saturated carbocycles. The molecule has 0 bridgehead atoms. The van der Waals surface area contributed by atoms with E-state index in [0.717, 1.165) is 22.2 Å². The number of benzene rings is 1. The molecule has 136 valence electrons. The number of anilines is 1. The minimum atomic E-state index is -0.351. The molecule has 2 aromatic heterocycles. The maximum absolute atomic E-state index is 10.4. The van der Waals surface area contributed by atoms with E-state index in [-0.39, 0.29) is 12.0 Å². The Kier molecular flexibility index (Phi) is 4.99. The molecule has 1 aromatic carbocycles. The van der Waals surface area contributed by atoms with Crippen LogP contribution in [0, 0.1) is 5.92 Å². The molecule has 2 atom stereocenters. The highest BCUT2D eigenvalue weighted by molar-refractivity contribution is 7.99. The van der Waals surface area contributed by atoms with Gasteiger partial charge in [-0.1, -0.05) is 17.7 Å². The van der Waals surface area contributed by atoms with E-state index in [0.29, 0.717) is 30.2 Å². The zero-order valence-corrected chi connectivity index (χ0v) is 15.6. The van der Waals surface area contributed by atoms with Crippen LogP contribution in [0.25, 0.3) is 11.2 Å². The van der Waals surface area contributed by atoms with E-state index in [2.05, 4.69) is 19.9 Å². The Hall–Kier alpha value is -1.87. The third-order valence-electron chi connectivity index (χ3n) is 4.52. The molecule has 0 radical (unpaired) electrons. The lowest BCUT2D eigenvalue weighted by Gasteiger charge is -2.16. The van der Waals surface area contributed by atoms with Crippen molar-refractivity contribution < 1.29 is 5.11 Å². The van der Waals surface area contributed by atoms with Crippen LogP contribution < -0.4 is 5.73 Å². The molecule has 26 heavy (non-hydrogen) atoms.